The van der Waals surface area contributed by atoms with Crippen LogP contribution >= 0.6 is 24.0 Å². The third-order valence-electron chi connectivity index (χ3n) is 3.75. The Labute approximate surface area is 181 Å². The van der Waals surface area contributed by atoms with Crippen molar-refractivity contribution >= 4 is 29.9 Å². The number of nitrogens with zero attached hydrogens (tertiary/aromatic N) is 1. The SMILES string of the molecule is CCNC(=NCc1ccc(OCC)c(OC)c1)NCc1cc(F)ccc1F.I. The summed E-state index contributed by atoms with van der Waals surface area (Å²) < 4.78 is 37.9. The van der Waals surface area contributed by atoms with Gasteiger partial charge < -0.3 is 20.1 Å². The second-order valence-corrected chi connectivity index (χ2v) is 5.70. The van der Waals surface area contributed by atoms with Crippen LogP contribution in [0.5, 0.6) is 11.5 Å². The molecule has 2 rings (SSSR count). The maximum atomic E-state index is 13.7. The predicted molar refractivity (Wildman–Crippen MR) is 118 cm³/mol. The number of nitrogens with one attached hydrogen (secondary N) is 2. The molecule has 8 heteroatoms. The molecule has 0 radical (unpaired) electrons. The van der Waals surface area contributed by atoms with Gasteiger partial charge in [-0.3, -0.25) is 0 Å². The maximum absolute atomic E-state index is 13.7. The van der Waals surface area contributed by atoms with Crippen LogP contribution in [0.25, 0.3) is 0 Å². The van der Waals surface area contributed by atoms with Crippen LogP contribution in [0.4, 0.5) is 8.78 Å². The second-order valence-electron chi connectivity index (χ2n) is 5.70. The summed E-state index contributed by atoms with van der Waals surface area (Å²) >= 11 is 0. The van der Waals surface area contributed by atoms with Gasteiger partial charge in [0.1, 0.15) is 11.6 Å². The Hall–Kier alpha value is -2.10. The van der Waals surface area contributed by atoms with Gasteiger partial charge in [-0.2, -0.15) is 0 Å². The average Bonchev–Trinajstić information content (AvgIpc) is 2.67. The highest BCUT2D eigenvalue weighted by molar-refractivity contribution is 14.0. The number of halogens is 3. The zero-order valence-corrected chi connectivity index (χ0v) is 18.6. The molecule has 0 heterocycles. The molecule has 5 nitrogen and oxygen atoms in total. The molecule has 0 aliphatic carbocycles. The van der Waals surface area contributed by atoms with Crippen molar-refractivity contribution in [3.8, 4) is 11.5 Å². The molecule has 2 N–H and O–H groups in total. The van der Waals surface area contributed by atoms with E-state index in [9.17, 15) is 8.78 Å². The normalized spacial score (nSPS) is 10.8. The summed E-state index contributed by atoms with van der Waals surface area (Å²) in [6.45, 7) is 5.56. The van der Waals surface area contributed by atoms with Crippen molar-refractivity contribution in [3.05, 3.63) is 59.2 Å². The third-order valence-corrected chi connectivity index (χ3v) is 3.75. The molecule has 0 amide bonds. The fourth-order valence-corrected chi connectivity index (χ4v) is 2.45. The van der Waals surface area contributed by atoms with Gasteiger partial charge in [-0.25, -0.2) is 13.8 Å². The van der Waals surface area contributed by atoms with Gasteiger partial charge in [0.25, 0.3) is 0 Å². The smallest absolute Gasteiger partial charge is 0.191 e. The maximum Gasteiger partial charge on any atom is 0.191 e. The minimum Gasteiger partial charge on any atom is -0.493 e. The molecule has 0 unspecified atom stereocenters. The molecule has 0 atom stereocenters. The molecule has 28 heavy (non-hydrogen) atoms. The van der Waals surface area contributed by atoms with Crippen molar-refractivity contribution in [1.29, 1.82) is 0 Å². The summed E-state index contributed by atoms with van der Waals surface area (Å²) in [5.41, 5.74) is 1.17. The van der Waals surface area contributed by atoms with Gasteiger partial charge >= 0.3 is 0 Å². The van der Waals surface area contributed by atoms with Crippen LogP contribution in [0.2, 0.25) is 0 Å². The number of aliphatic imine (C=N–C) groups is 1. The lowest BCUT2D eigenvalue weighted by Gasteiger charge is -2.13. The van der Waals surface area contributed by atoms with Gasteiger partial charge in [0.05, 0.1) is 20.3 Å². The molecule has 0 aliphatic rings. The van der Waals surface area contributed by atoms with Crippen molar-refractivity contribution < 1.29 is 18.3 Å². The standard InChI is InChI=1S/C20H25F2N3O2.HI/c1-4-23-20(25-13-15-11-16(21)7-8-17(15)22)24-12-14-6-9-18(27-5-2)19(10-14)26-3;/h6-11H,4-5,12-13H2,1-3H3,(H2,23,24,25);1H. The topological polar surface area (TPSA) is 54.9 Å². The molecule has 0 aromatic heterocycles. The fraction of sp³-hybridized carbons (Fsp3) is 0.350. The van der Waals surface area contributed by atoms with Crippen LogP contribution in [0, 0.1) is 11.6 Å². The lowest BCUT2D eigenvalue weighted by atomic mass is 10.2. The van der Waals surface area contributed by atoms with E-state index in [0.717, 1.165) is 17.7 Å². The van der Waals surface area contributed by atoms with Crippen LogP contribution in [0.1, 0.15) is 25.0 Å². The predicted octanol–water partition coefficient (Wildman–Crippen LogP) is 4.25. The molecule has 0 fully saturated rings. The number of hydrogen-bond donors (Lipinski definition) is 2. The molecular weight excluding hydrogens is 479 g/mol. The molecule has 0 saturated heterocycles. The molecule has 0 saturated carbocycles. The Kier molecular flexibility index (Phi) is 10.6. The van der Waals surface area contributed by atoms with E-state index in [-0.39, 0.29) is 36.1 Å². The minimum atomic E-state index is -0.475. The van der Waals surface area contributed by atoms with Gasteiger partial charge in [0, 0.05) is 18.7 Å². The lowest BCUT2D eigenvalue weighted by Crippen LogP contribution is -2.37. The van der Waals surface area contributed by atoms with Crippen LogP contribution in [-0.2, 0) is 13.1 Å². The van der Waals surface area contributed by atoms with Crippen molar-refractivity contribution in [2.75, 3.05) is 20.3 Å². The summed E-state index contributed by atoms with van der Waals surface area (Å²) in [5, 5.41) is 6.10. The van der Waals surface area contributed by atoms with E-state index < -0.39 is 11.6 Å². The fourth-order valence-electron chi connectivity index (χ4n) is 2.45. The Morgan fingerprint density at radius 1 is 1.04 bits per heavy atom. The third kappa shape index (κ3) is 7.14. The van der Waals surface area contributed by atoms with Gasteiger partial charge in [0.15, 0.2) is 17.5 Å². The van der Waals surface area contributed by atoms with Crippen LogP contribution in [0.15, 0.2) is 41.4 Å². The van der Waals surface area contributed by atoms with E-state index in [1.807, 2.05) is 32.0 Å². The Morgan fingerprint density at radius 3 is 2.50 bits per heavy atom. The van der Waals surface area contributed by atoms with Crippen LogP contribution in [0.3, 0.4) is 0 Å². The Morgan fingerprint density at radius 2 is 1.82 bits per heavy atom. The number of guanidine groups is 1. The first-order chi connectivity index (χ1) is 13.1. The first-order valence-corrected chi connectivity index (χ1v) is 8.83. The monoisotopic (exact) mass is 505 g/mol. The number of ether oxygens (including phenoxy) is 2. The number of benzene rings is 2. The average molecular weight is 505 g/mol. The molecule has 2 aromatic carbocycles. The summed E-state index contributed by atoms with van der Waals surface area (Å²) in [7, 11) is 1.59. The Bertz CT molecular complexity index is 788. The molecule has 2 aromatic rings. The molecule has 0 aliphatic heterocycles. The van der Waals surface area contributed by atoms with Crippen molar-refractivity contribution in [1.82, 2.24) is 10.6 Å². The summed E-state index contributed by atoms with van der Waals surface area (Å²) in [6, 6.07) is 9.00. The first kappa shape index (κ1) is 23.9. The van der Waals surface area contributed by atoms with E-state index in [2.05, 4.69) is 15.6 Å². The van der Waals surface area contributed by atoms with Crippen molar-refractivity contribution in [2.24, 2.45) is 4.99 Å². The molecule has 0 bridgehead atoms. The van der Waals surface area contributed by atoms with E-state index >= 15 is 0 Å². The Balaban J connectivity index is 0.00000392. The molecular formula is C20H26F2IN3O2. The molecule has 0 spiro atoms. The zero-order valence-electron chi connectivity index (χ0n) is 16.2. The van der Waals surface area contributed by atoms with Gasteiger partial charge in [-0.1, -0.05) is 6.07 Å². The number of methoxy groups -OCH3 is 1. The van der Waals surface area contributed by atoms with Gasteiger partial charge in [0.2, 0.25) is 0 Å². The van der Waals surface area contributed by atoms with Crippen molar-refractivity contribution in [3.63, 3.8) is 0 Å². The highest BCUT2D eigenvalue weighted by Gasteiger charge is 2.07. The van der Waals surface area contributed by atoms with E-state index in [1.54, 1.807) is 7.11 Å². The zero-order chi connectivity index (χ0) is 19.6. The number of rotatable bonds is 8. The minimum absolute atomic E-state index is 0. The number of hydrogen-bond acceptors (Lipinski definition) is 3. The van der Waals surface area contributed by atoms with Crippen LogP contribution in [-0.4, -0.2) is 26.2 Å². The van der Waals surface area contributed by atoms with Crippen molar-refractivity contribution in [2.45, 2.75) is 26.9 Å². The summed E-state index contributed by atoms with van der Waals surface area (Å²) in [4.78, 5) is 4.48. The molecule has 154 valence electrons. The summed E-state index contributed by atoms with van der Waals surface area (Å²) in [6.07, 6.45) is 0. The second kappa shape index (κ2) is 12.4. The summed E-state index contributed by atoms with van der Waals surface area (Å²) in [5.74, 6) is 0.894. The van der Waals surface area contributed by atoms with E-state index in [0.29, 0.717) is 37.2 Å². The largest absolute Gasteiger partial charge is 0.493 e. The quantitative estimate of drug-likeness (QED) is 0.320. The highest BCUT2D eigenvalue weighted by atomic mass is 127. The van der Waals surface area contributed by atoms with E-state index in [1.165, 1.54) is 6.07 Å². The van der Waals surface area contributed by atoms with Gasteiger partial charge in [-0.05, 0) is 49.7 Å². The lowest BCUT2D eigenvalue weighted by molar-refractivity contribution is 0.310. The van der Waals surface area contributed by atoms with Crippen LogP contribution < -0.4 is 20.1 Å². The van der Waals surface area contributed by atoms with Gasteiger partial charge in [-0.15, -0.1) is 24.0 Å². The first-order valence-electron chi connectivity index (χ1n) is 8.83. The van der Waals surface area contributed by atoms with E-state index in [4.69, 9.17) is 9.47 Å². The highest BCUT2D eigenvalue weighted by Crippen LogP contribution is 2.28.